The maximum atomic E-state index is 14.4. The van der Waals surface area contributed by atoms with Crippen molar-refractivity contribution in [2.24, 2.45) is 0 Å². The lowest BCUT2D eigenvalue weighted by molar-refractivity contribution is 0.0600. The number of hydrogen-bond acceptors (Lipinski definition) is 4. The molecule has 1 amide bonds. The van der Waals surface area contributed by atoms with Crippen molar-refractivity contribution in [3.8, 4) is 11.5 Å². The summed E-state index contributed by atoms with van der Waals surface area (Å²) in [4.78, 5) is 24.8. The van der Waals surface area contributed by atoms with Gasteiger partial charge < -0.3 is 14.6 Å². The Hall–Kier alpha value is -4.20. The number of para-hydroxylation sites is 1. The van der Waals surface area contributed by atoms with Gasteiger partial charge in [-0.3, -0.25) is 4.79 Å². The molecule has 1 N–H and O–H groups in total. The van der Waals surface area contributed by atoms with Gasteiger partial charge in [0.1, 0.15) is 17.1 Å². The third-order valence-corrected chi connectivity index (χ3v) is 4.46. The number of nitrogens with one attached hydrogen (secondary N) is 1. The maximum Gasteiger partial charge on any atom is 0.337 e. The fourth-order valence-corrected chi connectivity index (χ4v) is 3.07. The normalized spacial score (nSPS) is 10.6. The van der Waals surface area contributed by atoms with E-state index in [9.17, 15) is 14.0 Å². The van der Waals surface area contributed by atoms with Crippen LogP contribution in [0.3, 0.4) is 0 Å². The van der Waals surface area contributed by atoms with Crippen molar-refractivity contribution in [3.63, 3.8) is 0 Å². The summed E-state index contributed by atoms with van der Waals surface area (Å²) in [5, 5.41) is 7.00. The minimum absolute atomic E-state index is 0.216. The molecule has 4 aromatic rings. The van der Waals surface area contributed by atoms with E-state index in [2.05, 4.69) is 10.4 Å². The van der Waals surface area contributed by atoms with Gasteiger partial charge in [0.15, 0.2) is 5.82 Å². The molecule has 0 unspecified atom stereocenters. The zero-order chi connectivity index (χ0) is 21.1. The highest BCUT2D eigenvalue weighted by Crippen LogP contribution is 2.23. The number of amides is 1. The lowest BCUT2D eigenvalue weighted by Crippen LogP contribution is -2.16. The highest BCUT2D eigenvalue weighted by atomic mass is 19.1. The zero-order valence-corrected chi connectivity index (χ0v) is 15.9. The number of esters is 1. The third kappa shape index (κ3) is 3.58. The number of benzene rings is 2. The molecule has 0 spiro atoms. The van der Waals surface area contributed by atoms with Crippen LogP contribution in [0.15, 0.2) is 79.3 Å². The standard InChI is InChI=1S/C22H17FN4O3/c1-30-22(29)15-7-6-8-16(13-15)25-20(28)17-14-24-27(19-10-3-2-9-18(19)23)21(17)26-11-4-5-12-26/h2-14H,1H3,(H,25,28). The Morgan fingerprint density at radius 1 is 1.03 bits per heavy atom. The Kier molecular flexibility index (Phi) is 5.13. The van der Waals surface area contributed by atoms with Crippen LogP contribution in [0.25, 0.3) is 11.5 Å². The van der Waals surface area contributed by atoms with Crippen molar-refractivity contribution < 1.29 is 18.7 Å². The third-order valence-electron chi connectivity index (χ3n) is 4.46. The summed E-state index contributed by atoms with van der Waals surface area (Å²) in [6, 6.07) is 16.2. The predicted molar refractivity (Wildman–Crippen MR) is 109 cm³/mol. The first-order chi connectivity index (χ1) is 14.6. The Bertz CT molecular complexity index is 1210. The van der Waals surface area contributed by atoms with E-state index in [0.717, 1.165) is 0 Å². The van der Waals surface area contributed by atoms with E-state index in [0.29, 0.717) is 17.1 Å². The second-order valence-electron chi connectivity index (χ2n) is 6.36. The minimum atomic E-state index is -0.508. The SMILES string of the molecule is COC(=O)c1cccc(NC(=O)c2cnn(-c3ccccc3F)c2-n2cccc2)c1. The molecule has 150 valence electrons. The fourth-order valence-electron chi connectivity index (χ4n) is 3.07. The van der Waals surface area contributed by atoms with Gasteiger partial charge in [0.2, 0.25) is 0 Å². The van der Waals surface area contributed by atoms with E-state index in [4.69, 9.17) is 4.74 Å². The Morgan fingerprint density at radius 3 is 2.53 bits per heavy atom. The van der Waals surface area contributed by atoms with Crippen LogP contribution >= 0.6 is 0 Å². The largest absolute Gasteiger partial charge is 0.465 e. The quantitative estimate of drug-likeness (QED) is 0.513. The Balaban J connectivity index is 1.74. The molecule has 2 heterocycles. The summed E-state index contributed by atoms with van der Waals surface area (Å²) in [5.41, 5.74) is 1.17. The van der Waals surface area contributed by atoms with Gasteiger partial charge in [0.05, 0.1) is 18.9 Å². The highest BCUT2D eigenvalue weighted by Gasteiger charge is 2.21. The number of anilines is 1. The minimum Gasteiger partial charge on any atom is -0.465 e. The summed E-state index contributed by atoms with van der Waals surface area (Å²) in [6.07, 6.45) is 4.85. The molecule has 0 saturated carbocycles. The van der Waals surface area contributed by atoms with E-state index in [1.54, 1.807) is 65.5 Å². The topological polar surface area (TPSA) is 78.2 Å². The zero-order valence-electron chi connectivity index (χ0n) is 15.9. The summed E-state index contributed by atoms with van der Waals surface area (Å²) < 4.78 is 22.2. The molecule has 0 atom stereocenters. The average Bonchev–Trinajstić information content (AvgIpc) is 3.43. The Morgan fingerprint density at radius 2 is 1.80 bits per heavy atom. The van der Waals surface area contributed by atoms with E-state index in [-0.39, 0.29) is 11.3 Å². The number of nitrogens with zero attached hydrogens (tertiary/aromatic N) is 3. The summed E-state index contributed by atoms with van der Waals surface area (Å²) >= 11 is 0. The van der Waals surface area contributed by atoms with Crippen molar-refractivity contribution in [1.29, 1.82) is 0 Å². The average molecular weight is 404 g/mol. The molecule has 30 heavy (non-hydrogen) atoms. The lowest BCUT2D eigenvalue weighted by atomic mass is 10.2. The molecule has 0 radical (unpaired) electrons. The van der Waals surface area contributed by atoms with Gasteiger partial charge in [-0.25, -0.2) is 13.9 Å². The molecule has 0 aliphatic carbocycles. The number of aromatic nitrogens is 3. The molecule has 4 rings (SSSR count). The summed E-state index contributed by atoms with van der Waals surface area (Å²) in [7, 11) is 1.29. The van der Waals surface area contributed by atoms with Crippen molar-refractivity contribution in [2.75, 3.05) is 12.4 Å². The number of halogens is 1. The van der Waals surface area contributed by atoms with Crippen LogP contribution in [0.5, 0.6) is 0 Å². The van der Waals surface area contributed by atoms with Crippen LogP contribution in [0.1, 0.15) is 20.7 Å². The monoisotopic (exact) mass is 404 g/mol. The second kappa shape index (κ2) is 8.04. The van der Waals surface area contributed by atoms with E-state index >= 15 is 0 Å². The van der Waals surface area contributed by atoms with Crippen LogP contribution in [0.2, 0.25) is 0 Å². The van der Waals surface area contributed by atoms with Gasteiger partial charge in [-0.15, -0.1) is 0 Å². The second-order valence-corrected chi connectivity index (χ2v) is 6.36. The van der Waals surface area contributed by atoms with Gasteiger partial charge in [-0.05, 0) is 42.5 Å². The molecule has 2 aromatic carbocycles. The lowest BCUT2D eigenvalue weighted by Gasteiger charge is -2.12. The van der Waals surface area contributed by atoms with Gasteiger partial charge >= 0.3 is 5.97 Å². The molecule has 0 fully saturated rings. The van der Waals surface area contributed by atoms with Gasteiger partial charge in [-0.1, -0.05) is 18.2 Å². The number of methoxy groups -OCH3 is 1. The maximum absolute atomic E-state index is 14.4. The number of hydrogen-bond donors (Lipinski definition) is 1. The van der Waals surface area contributed by atoms with Crippen molar-refractivity contribution in [2.45, 2.75) is 0 Å². The fraction of sp³-hybridized carbons (Fsp3) is 0.0455. The number of carbonyl (C=O) groups excluding carboxylic acids is 2. The van der Waals surface area contributed by atoms with Crippen molar-refractivity contribution in [1.82, 2.24) is 14.3 Å². The van der Waals surface area contributed by atoms with Crippen LogP contribution in [-0.2, 0) is 4.74 Å². The first-order valence-electron chi connectivity index (χ1n) is 9.04. The molecule has 0 aliphatic heterocycles. The number of carbonyl (C=O) groups is 2. The number of ether oxygens (including phenoxy) is 1. The van der Waals surface area contributed by atoms with E-state index < -0.39 is 17.7 Å². The first kappa shape index (κ1) is 19.1. The summed E-state index contributed by atoms with van der Waals surface area (Å²) in [6.45, 7) is 0. The molecule has 0 bridgehead atoms. The highest BCUT2D eigenvalue weighted by molar-refractivity contribution is 6.07. The van der Waals surface area contributed by atoms with Gasteiger partial charge in [0.25, 0.3) is 5.91 Å². The van der Waals surface area contributed by atoms with Crippen molar-refractivity contribution >= 4 is 17.6 Å². The van der Waals surface area contributed by atoms with Crippen molar-refractivity contribution in [3.05, 3.63) is 96.2 Å². The van der Waals surface area contributed by atoms with Crippen LogP contribution in [0, 0.1) is 5.82 Å². The van der Waals surface area contributed by atoms with E-state index in [1.165, 1.54) is 30.1 Å². The van der Waals surface area contributed by atoms with E-state index in [1.807, 2.05) is 0 Å². The molecule has 7 nitrogen and oxygen atoms in total. The molecular weight excluding hydrogens is 387 g/mol. The molecule has 0 saturated heterocycles. The van der Waals surface area contributed by atoms with Crippen LogP contribution in [-0.4, -0.2) is 33.3 Å². The molecular formula is C22H17FN4O3. The van der Waals surface area contributed by atoms with Crippen LogP contribution in [0.4, 0.5) is 10.1 Å². The molecule has 0 aliphatic rings. The molecule has 8 heteroatoms. The predicted octanol–water partition coefficient (Wildman–Crippen LogP) is 3.84. The number of rotatable bonds is 5. The Labute approximate surface area is 171 Å². The summed E-state index contributed by atoms with van der Waals surface area (Å²) in [5.74, 6) is -1.05. The first-order valence-corrected chi connectivity index (χ1v) is 9.04. The molecule has 2 aromatic heterocycles. The van der Waals surface area contributed by atoms with Gasteiger partial charge in [0, 0.05) is 18.1 Å². The smallest absolute Gasteiger partial charge is 0.337 e. The van der Waals surface area contributed by atoms with Crippen LogP contribution < -0.4 is 5.32 Å². The van der Waals surface area contributed by atoms with Gasteiger partial charge in [-0.2, -0.15) is 5.10 Å².